The molecular formula is C26H26FN5O7S. The summed E-state index contributed by atoms with van der Waals surface area (Å²) >= 11 is 0. The number of nitro groups is 1. The van der Waals surface area contributed by atoms with Crippen molar-refractivity contribution in [2.24, 2.45) is 5.92 Å². The van der Waals surface area contributed by atoms with Crippen LogP contribution in [-0.2, 0) is 16.6 Å². The Morgan fingerprint density at radius 3 is 2.55 bits per heavy atom. The minimum absolute atomic E-state index is 0.0396. The van der Waals surface area contributed by atoms with Crippen LogP contribution in [0, 0.1) is 28.8 Å². The van der Waals surface area contributed by atoms with Crippen molar-refractivity contribution >= 4 is 21.6 Å². The first-order valence-electron chi connectivity index (χ1n) is 12.1. The second-order valence-corrected chi connectivity index (χ2v) is 10.9. The second-order valence-electron chi connectivity index (χ2n) is 9.16. The third-order valence-electron chi connectivity index (χ3n) is 5.67. The highest BCUT2D eigenvalue weighted by atomic mass is 32.2. The minimum atomic E-state index is -4.25. The molecule has 0 atom stereocenters. The van der Waals surface area contributed by atoms with Crippen LogP contribution in [0.2, 0.25) is 0 Å². The smallest absolute Gasteiger partial charge is 0.272 e. The lowest BCUT2D eigenvalue weighted by Crippen LogP contribution is -2.28. The third kappa shape index (κ3) is 6.35. The van der Waals surface area contributed by atoms with Crippen molar-refractivity contribution in [1.82, 2.24) is 19.8 Å². The lowest BCUT2D eigenvalue weighted by Gasteiger charge is -2.15. The number of rotatable bonds is 11. The average Bonchev–Trinajstić information content (AvgIpc) is 3.55. The van der Waals surface area contributed by atoms with Gasteiger partial charge in [-0.05, 0) is 55.3 Å². The molecule has 2 aromatic carbocycles. The van der Waals surface area contributed by atoms with Gasteiger partial charge in [0.15, 0.2) is 5.69 Å². The summed E-state index contributed by atoms with van der Waals surface area (Å²) in [4.78, 5) is 23.3. The van der Waals surface area contributed by atoms with Crippen molar-refractivity contribution in [3.63, 3.8) is 0 Å². The van der Waals surface area contributed by atoms with Crippen LogP contribution in [0.5, 0.6) is 11.6 Å². The number of non-ortho nitro benzene ring substituents is 1. The molecule has 4 aromatic rings. The Kier molecular flexibility index (Phi) is 8.30. The summed E-state index contributed by atoms with van der Waals surface area (Å²) in [6.07, 6.45) is 1.47. The lowest BCUT2D eigenvalue weighted by atomic mass is 10.2. The van der Waals surface area contributed by atoms with E-state index in [1.165, 1.54) is 35.2 Å². The maximum absolute atomic E-state index is 13.7. The molecule has 0 fully saturated rings. The summed E-state index contributed by atoms with van der Waals surface area (Å²) in [6, 6.07) is 11.7. The number of nitrogens with zero attached hydrogens (tertiary/aromatic N) is 3. The van der Waals surface area contributed by atoms with Crippen LogP contribution in [0.4, 0.5) is 10.1 Å². The molecule has 12 nitrogen and oxygen atoms in total. The normalized spacial score (nSPS) is 11.5. The fourth-order valence-electron chi connectivity index (χ4n) is 3.60. The van der Waals surface area contributed by atoms with Crippen LogP contribution in [0.25, 0.3) is 5.69 Å². The molecule has 0 spiro atoms. The molecule has 0 bridgehead atoms. The summed E-state index contributed by atoms with van der Waals surface area (Å²) in [7, 11) is -4.25. The largest absolute Gasteiger partial charge is 0.467 e. The van der Waals surface area contributed by atoms with Crippen LogP contribution in [-0.4, -0.2) is 35.6 Å². The Labute approximate surface area is 229 Å². The molecule has 0 saturated heterocycles. The number of furan rings is 1. The number of carbonyl (C=O) groups is 1. The van der Waals surface area contributed by atoms with Crippen molar-refractivity contribution in [3.8, 4) is 17.3 Å². The van der Waals surface area contributed by atoms with E-state index < -0.39 is 37.3 Å². The van der Waals surface area contributed by atoms with Crippen molar-refractivity contribution in [2.75, 3.05) is 6.54 Å². The predicted molar refractivity (Wildman–Crippen MR) is 141 cm³/mol. The van der Waals surface area contributed by atoms with E-state index in [-0.39, 0.29) is 41.9 Å². The van der Waals surface area contributed by atoms with E-state index in [9.17, 15) is 27.7 Å². The summed E-state index contributed by atoms with van der Waals surface area (Å²) in [5.41, 5.74) is 0.0427. The molecule has 210 valence electrons. The number of benzene rings is 2. The fourth-order valence-corrected chi connectivity index (χ4v) is 4.96. The van der Waals surface area contributed by atoms with Crippen LogP contribution in [0.15, 0.2) is 70.2 Å². The van der Waals surface area contributed by atoms with Crippen LogP contribution in [0.3, 0.4) is 0 Å². The number of aromatic nitrogens is 2. The first-order valence-corrected chi connectivity index (χ1v) is 13.6. The van der Waals surface area contributed by atoms with E-state index in [2.05, 4.69) is 15.1 Å². The molecule has 40 heavy (non-hydrogen) atoms. The molecule has 0 unspecified atom stereocenters. The van der Waals surface area contributed by atoms with Gasteiger partial charge in [-0.15, -0.1) is 0 Å². The van der Waals surface area contributed by atoms with Crippen molar-refractivity contribution in [3.05, 3.63) is 93.8 Å². The first-order chi connectivity index (χ1) is 19.0. The molecule has 0 aliphatic rings. The number of nitro benzene ring substituents is 1. The zero-order valence-electron chi connectivity index (χ0n) is 21.8. The van der Waals surface area contributed by atoms with Gasteiger partial charge in [-0.1, -0.05) is 13.8 Å². The molecular weight excluding hydrogens is 545 g/mol. The Hall–Kier alpha value is -4.56. The number of ether oxygens (including phenoxy) is 1. The molecule has 0 saturated carbocycles. The summed E-state index contributed by atoms with van der Waals surface area (Å²) < 4.78 is 54.9. The second kappa shape index (κ2) is 11.7. The van der Waals surface area contributed by atoms with Crippen molar-refractivity contribution < 1.29 is 31.7 Å². The van der Waals surface area contributed by atoms with Gasteiger partial charge in [0.05, 0.1) is 23.4 Å². The van der Waals surface area contributed by atoms with Crippen LogP contribution < -0.4 is 14.8 Å². The zero-order valence-corrected chi connectivity index (χ0v) is 22.6. The molecule has 1 amide bonds. The van der Waals surface area contributed by atoms with Gasteiger partial charge in [0.1, 0.15) is 22.2 Å². The number of sulfonamides is 1. The van der Waals surface area contributed by atoms with Gasteiger partial charge in [0, 0.05) is 24.2 Å². The monoisotopic (exact) mass is 571 g/mol. The molecule has 14 heteroatoms. The van der Waals surface area contributed by atoms with E-state index in [1.54, 1.807) is 32.9 Å². The van der Waals surface area contributed by atoms with Crippen molar-refractivity contribution in [1.29, 1.82) is 0 Å². The topological polar surface area (TPSA) is 159 Å². The number of hydrogen-bond donors (Lipinski definition) is 2. The quantitative estimate of drug-likeness (QED) is 0.197. The standard InChI is InChI=1S/C26H26FN5O7S/c1-16(2)14-29-40(36,37)23-13-20(32(34)35)10-11-22(23)39-26-17(3)24(25(33)28-15-21-5-4-12-38-21)30-31(26)19-8-6-18(27)7-9-19/h4-13,16,29H,14-15H2,1-3H3,(H,28,33). The van der Waals surface area contributed by atoms with Gasteiger partial charge < -0.3 is 14.5 Å². The van der Waals surface area contributed by atoms with Gasteiger partial charge in [0.2, 0.25) is 15.9 Å². The number of hydrogen-bond acceptors (Lipinski definition) is 8. The van der Waals surface area contributed by atoms with Gasteiger partial charge in [0.25, 0.3) is 11.6 Å². The molecule has 0 aliphatic heterocycles. The number of nitrogens with one attached hydrogen (secondary N) is 2. The molecule has 2 aromatic heterocycles. The van der Waals surface area contributed by atoms with Crippen LogP contribution >= 0.6 is 0 Å². The van der Waals surface area contributed by atoms with Gasteiger partial charge in [-0.2, -0.15) is 9.78 Å². The van der Waals surface area contributed by atoms with Gasteiger partial charge in [-0.25, -0.2) is 17.5 Å². The zero-order chi connectivity index (χ0) is 29.0. The van der Waals surface area contributed by atoms with E-state index in [1.807, 2.05) is 0 Å². The molecule has 4 rings (SSSR count). The Morgan fingerprint density at radius 2 is 1.93 bits per heavy atom. The first kappa shape index (κ1) is 28.4. The fraction of sp³-hybridized carbons (Fsp3) is 0.231. The Bertz CT molecular complexity index is 1630. The van der Waals surface area contributed by atoms with Crippen LogP contribution in [0.1, 0.15) is 35.7 Å². The number of amides is 1. The highest BCUT2D eigenvalue weighted by molar-refractivity contribution is 7.89. The Balaban J connectivity index is 1.79. The maximum atomic E-state index is 13.7. The average molecular weight is 572 g/mol. The minimum Gasteiger partial charge on any atom is -0.467 e. The molecule has 2 heterocycles. The molecule has 0 radical (unpaired) electrons. The summed E-state index contributed by atoms with van der Waals surface area (Å²) in [5.74, 6) is -0.904. The van der Waals surface area contributed by atoms with Gasteiger partial charge >= 0.3 is 0 Å². The summed E-state index contributed by atoms with van der Waals surface area (Å²) in [5, 5.41) is 18.5. The van der Waals surface area contributed by atoms with Crippen molar-refractivity contribution in [2.45, 2.75) is 32.2 Å². The lowest BCUT2D eigenvalue weighted by molar-refractivity contribution is -0.385. The van der Waals surface area contributed by atoms with E-state index in [4.69, 9.17) is 9.15 Å². The predicted octanol–water partition coefficient (Wildman–Crippen LogP) is 4.48. The maximum Gasteiger partial charge on any atom is 0.272 e. The highest BCUT2D eigenvalue weighted by Crippen LogP contribution is 2.35. The summed E-state index contributed by atoms with van der Waals surface area (Å²) in [6.45, 7) is 5.31. The number of halogens is 1. The SMILES string of the molecule is Cc1c(C(=O)NCc2ccco2)nn(-c2ccc(F)cc2)c1Oc1ccc([N+](=O)[O-])cc1S(=O)(=O)NCC(C)C. The highest BCUT2D eigenvalue weighted by Gasteiger charge is 2.28. The molecule has 0 aliphatic carbocycles. The van der Waals surface area contributed by atoms with E-state index in [0.717, 1.165) is 18.2 Å². The van der Waals surface area contributed by atoms with E-state index >= 15 is 0 Å². The van der Waals surface area contributed by atoms with E-state index in [0.29, 0.717) is 11.4 Å². The van der Waals surface area contributed by atoms with Gasteiger partial charge in [-0.3, -0.25) is 14.9 Å². The third-order valence-corrected chi connectivity index (χ3v) is 7.12. The number of carbonyl (C=O) groups excluding carboxylic acids is 1. The Morgan fingerprint density at radius 1 is 1.20 bits per heavy atom. The molecule has 2 N–H and O–H groups in total.